The number of esters is 1. The zero-order chi connectivity index (χ0) is 48.3. The molecule has 0 bridgehead atoms. The van der Waals surface area contributed by atoms with Crippen LogP contribution >= 0.6 is 7.82 Å². The number of hydrogen-bond acceptors (Lipinski definition) is 6. The second-order valence-corrected chi connectivity index (χ2v) is 22.1. The molecule has 0 amide bonds. The van der Waals surface area contributed by atoms with E-state index >= 15 is 0 Å². The molecule has 0 aromatic carbocycles. The fourth-order valence-electron chi connectivity index (χ4n) is 8.35. The minimum Gasteiger partial charge on any atom is -0.457 e. The number of phosphoric acid groups is 1. The van der Waals surface area contributed by atoms with Gasteiger partial charge < -0.3 is 18.9 Å². The van der Waals surface area contributed by atoms with E-state index in [1.807, 2.05) is 21.1 Å². The molecule has 392 valence electrons. The number of rotatable bonds is 54. The topological polar surface area (TPSA) is 91.3 Å². The molecule has 0 aliphatic rings. The van der Waals surface area contributed by atoms with Gasteiger partial charge in [0.25, 0.3) is 0 Å². The maximum Gasteiger partial charge on any atom is 0.472 e. The molecular weight excluding hydrogens is 842 g/mol. The van der Waals surface area contributed by atoms with Crippen molar-refractivity contribution in [1.82, 2.24) is 0 Å². The number of quaternary nitrogens is 1. The first-order chi connectivity index (χ1) is 32.1. The number of allylic oxidation sites excluding steroid dienone is 4. The maximum atomic E-state index is 12.8. The maximum absolute atomic E-state index is 12.8. The van der Waals surface area contributed by atoms with Crippen LogP contribution in [0.1, 0.15) is 277 Å². The van der Waals surface area contributed by atoms with E-state index in [2.05, 4.69) is 38.2 Å². The Bertz CT molecular complexity index is 1110. The fraction of sp³-hybridized carbons (Fsp3) is 0.912. The van der Waals surface area contributed by atoms with Gasteiger partial charge in [0, 0.05) is 13.0 Å². The minimum absolute atomic E-state index is 0.0915. The lowest BCUT2D eigenvalue weighted by molar-refractivity contribution is -0.870. The van der Waals surface area contributed by atoms with Gasteiger partial charge in [-0.2, -0.15) is 0 Å². The van der Waals surface area contributed by atoms with Crippen LogP contribution in [-0.4, -0.2) is 75.6 Å². The van der Waals surface area contributed by atoms with Crippen molar-refractivity contribution in [3.8, 4) is 0 Å². The molecule has 0 aliphatic heterocycles. The molecule has 0 aliphatic carbocycles. The molecule has 8 nitrogen and oxygen atoms in total. The van der Waals surface area contributed by atoms with Gasteiger partial charge in [-0.05, 0) is 44.9 Å². The summed E-state index contributed by atoms with van der Waals surface area (Å²) in [6, 6.07) is 0. The predicted octanol–water partition coefficient (Wildman–Crippen LogP) is 17.9. The second kappa shape index (κ2) is 50.4. The first kappa shape index (κ1) is 65.0. The third-order valence-electron chi connectivity index (χ3n) is 12.8. The lowest BCUT2D eigenvalue weighted by Crippen LogP contribution is -2.37. The summed E-state index contributed by atoms with van der Waals surface area (Å²) in [6.45, 7) is 5.68. The highest BCUT2D eigenvalue weighted by molar-refractivity contribution is 7.47. The van der Waals surface area contributed by atoms with E-state index in [0.717, 1.165) is 38.5 Å². The van der Waals surface area contributed by atoms with Gasteiger partial charge in [0.15, 0.2) is 0 Å². The van der Waals surface area contributed by atoms with Crippen LogP contribution in [-0.2, 0) is 27.9 Å². The summed E-state index contributed by atoms with van der Waals surface area (Å²) in [5, 5.41) is 0. The smallest absolute Gasteiger partial charge is 0.457 e. The van der Waals surface area contributed by atoms with Crippen molar-refractivity contribution in [3.05, 3.63) is 24.3 Å². The fourth-order valence-corrected chi connectivity index (χ4v) is 9.09. The molecule has 1 N–H and O–H groups in total. The molecule has 0 spiro atoms. The van der Waals surface area contributed by atoms with Crippen molar-refractivity contribution >= 4 is 13.8 Å². The summed E-state index contributed by atoms with van der Waals surface area (Å²) < 4.78 is 35.3. The van der Waals surface area contributed by atoms with Gasteiger partial charge in [-0.25, -0.2) is 4.57 Å². The van der Waals surface area contributed by atoms with Gasteiger partial charge in [0.1, 0.15) is 19.3 Å². The van der Waals surface area contributed by atoms with E-state index in [4.69, 9.17) is 18.5 Å². The molecule has 0 saturated heterocycles. The molecular formula is C57H113NO7P+. The molecule has 0 rings (SSSR count). The Morgan fingerprint density at radius 3 is 1.23 bits per heavy atom. The highest BCUT2D eigenvalue weighted by Gasteiger charge is 2.26. The Kier molecular flexibility index (Phi) is 49.6. The Labute approximate surface area is 411 Å². The average molecular weight is 956 g/mol. The predicted molar refractivity (Wildman–Crippen MR) is 284 cm³/mol. The third kappa shape index (κ3) is 53.9. The van der Waals surface area contributed by atoms with Gasteiger partial charge in [0.05, 0.1) is 34.4 Å². The van der Waals surface area contributed by atoms with Gasteiger partial charge in [0.2, 0.25) is 0 Å². The highest BCUT2D eigenvalue weighted by atomic mass is 31.2. The van der Waals surface area contributed by atoms with Crippen LogP contribution in [0.2, 0.25) is 0 Å². The van der Waals surface area contributed by atoms with Crippen molar-refractivity contribution in [3.63, 3.8) is 0 Å². The minimum atomic E-state index is -4.28. The molecule has 2 unspecified atom stereocenters. The Balaban J connectivity index is 4.04. The number of hydrogen-bond donors (Lipinski definition) is 1. The van der Waals surface area contributed by atoms with Crippen LogP contribution in [0.3, 0.4) is 0 Å². The number of likely N-dealkylation sites (N-methyl/N-ethyl adjacent to an activating group) is 1. The molecule has 0 saturated carbocycles. The van der Waals surface area contributed by atoms with Crippen molar-refractivity contribution in [2.24, 2.45) is 0 Å². The van der Waals surface area contributed by atoms with Crippen molar-refractivity contribution < 1.29 is 37.3 Å². The quantitative estimate of drug-likeness (QED) is 0.0213. The molecule has 66 heavy (non-hydrogen) atoms. The van der Waals surface area contributed by atoms with Crippen LogP contribution in [0.25, 0.3) is 0 Å². The number of phosphoric ester groups is 1. The van der Waals surface area contributed by atoms with E-state index in [-0.39, 0.29) is 25.8 Å². The van der Waals surface area contributed by atoms with E-state index < -0.39 is 13.9 Å². The third-order valence-corrected chi connectivity index (χ3v) is 13.7. The SMILES string of the molecule is CCCCCCC/C=C\C/C=C\CCCCCCCCCCCCCCCC(=O)OC(COCCCCCCCCCCCCCCCCCCCCC)COP(=O)(O)OCC[N+](C)(C)C. The molecule has 0 heterocycles. The molecule has 0 aromatic rings. The van der Waals surface area contributed by atoms with Crippen LogP contribution < -0.4 is 0 Å². The van der Waals surface area contributed by atoms with E-state index in [0.29, 0.717) is 24.1 Å². The number of nitrogens with zero attached hydrogens (tertiary/aromatic N) is 1. The number of carbonyl (C=O) groups excluding carboxylic acids is 1. The normalized spacial score (nSPS) is 13.6. The van der Waals surface area contributed by atoms with Crippen LogP contribution in [0, 0.1) is 0 Å². The first-order valence-corrected chi connectivity index (χ1v) is 30.1. The molecule has 2 atom stereocenters. The highest BCUT2D eigenvalue weighted by Crippen LogP contribution is 2.43. The van der Waals surface area contributed by atoms with Gasteiger partial charge in [-0.3, -0.25) is 13.8 Å². The summed E-state index contributed by atoms with van der Waals surface area (Å²) in [5.41, 5.74) is 0. The zero-order valence-corrected chi connectivity index (χ0v) is 45.6. The summed E-state index contributed by atoms with van der Waals surface area (Å²) in [4.78, 5) is 23.1. The largest absolute Gasteiger partial charge is 0.472 e. The number of ether oxygens (including phenoxy) is 2. The molecule has 9 heteroatoms. The van der Waals surface area contributed by atoms with Crippen molar-refractivity contribution in [2.75, 3.05) is 54.1 Å². The standard InChI is InChI=1S/C57H112NO7P/c1-6-8-10-12-14-16-18-20-22-24-26-27-28-29-30-31-32-34-36-38-40-42-44-46-48-50-57(59)65-56(55-64-66(60,61)63-53-51-58(3,4)5)54-62-52-49-47-45-43-41-39-37-35-33-25-23-21-19-17-15-13-11-9-7-2/h18,20,24,26,56H,6-17,19,21-23,25,27-55H2,1-5H3/p+1/b20-18-,26-24-. The lowest BCUT2D eigenvalue weighted by Gasteiger charge is -2.24. The van der Waals surface area contributed by atoms with E-state index in [1.165, 1.54) is 218 Å². The first-order valence-electron chi connectivity index (χ1n) is 28.6. The summed E-state index contributed by atoms with van der Waals surface area (Å²) in [7, 11) is 1.68. The van der Waals surface area contributed by atoms with E-state index in [9.17, 15) is 14.3 Å². The average Bonchev–Trinajstić information content (AvgIpc) is 3.28. The van der Waals surface area contributed by atoms with E-state index in [1.54, 1.807) is 0 Å². The number of unbranched alkanes of at least 4 members (excludes halogenated alkanes) is 36. The van der Waals surface area contributed by atoms with Crippen molar-refractivity contribution in [2.45, 2.75) is 283 Å². The zero-order valence-electron chi connectivity index (χ0n) is 44.7. The molecule has 0 radical (unpaired) electrons. The van der Waals surface area contributed by atoms with Gasteiger partial charge in [-0.15, -0.1) is 0 Å². The number of carbonyl (C=O) groups is 1. The van der Waals surface area contributed by atoms with Crippen LogP contribution in [0.4, 0.5) is 0 Å². The molecule has 0 fully saturated rings. The summed E-state index contributed by atoms with van der Waals surface area (Å²) in [5.74, 6) is -0.308. The van der Waals surface area contributed by atoms with Gasteiger partial charge >= 0.3 is 13.8 Å². The Morgan fingerprint density at radius 2 is 0.833 bits per heavy atom. The molecule has 0 aromatic heterocycles. The Morgan fingerprint density at radius 1 is 0.470 bits per heavy atom. The Hall–Kier alpha value is -1.02. The summed E-state index contributed by atoms with van der Waals surface area (Å²) >= 11 is 0. The lowest BCUT2D eigenvalue weighted by atomic mass is 10.0. The monoisotopic (exact) mass is 955 g/mol. The summed E-state index contributed by atoms with van der Waals surface area (Å²) in [6.07, 6.45) is 60.9. The second-order valence-electron chi connectivity index (χ2n) is 20.7. The van der Waals surface area contributed by atoms with Crippen molar-refractivity contribution in [1.29, 1.82) is 0 Å². The van der Waals surface area contributed by atoms with Crippen LogP contribution in [0.5, 0.6) is 0 Å². The van der Waals surface area contributed by atoms with Gasteiger partial charge in [-0.1, -0.05) is 250 Å². The van der Waals surface area contributed by atoms with Crippen LogP contribution in [0.15, 0.2) is 24.3 Å².